The van der Waals surface area contributed by atoms with E-state index in [0.717, 1.165) is 24.1 Å². The Labute approximate surface area is 159 Å². The minimum atomic E-state index is -0.769. The predicted octanol–water partition coefficient (Wildman–Crippen LogP) is 3.33. The molecule has 0 aliphatic carbocycles. The molecule has 1 unspecified atom stereocenters. The van der Waals surface area contributed by atoms with Crippen LogP contribution in [0.5, 0.6) is 17.2 Å². The van der Waals surface area contributed by atoms with Crippen molar-refractivity contribution >= 4 is 5.97 Å². The first kappa shape index (κ1) is 19.0. The number of nitrogens with zero attached hydrogens (tertiary/aromatic N) is 1. The second-order valence-electron chi connectivity index (χ2n) is 6.57. The Morgan fingerprint density at radius 1 is 1.11 bits per heavy atom. The summed E-state index contributed by atoms with van der Waals surface area (Å²) in [6.07, 6.45) is 1.57. The average Bonchev–Trinajstić information content (AvgIpc) is 3.15. The Balaban J connectivity index is 1.80. The molecule has 0 bridgehead atoms. The highest BCUT2D eigenvalue weighted by Gasteiger charge is 2.30. The van der Waals surface area contributed by atoms with E-state index in [-0.39, 0.29) is 0 Å². The van der Waals surface area contributed by atoms with Crippen molar-refractivity contribution in [2.75, 3.05) is 20.8 Å². The lowest BCUT2D eigenvalue weighted by atomic mass is 10.1. The molecule has 27 heavy (non-hydrogen) atoms. The highest BCUT2D eigenvalue weighted by Crippen LogP contribution is 2.39. The maximum atomic E-state index is 11.4. The normalized spacial score (nSPS) is 16.9. The molecule has 1 heterocycles. The predicted molar refractivity (Wildman–Crippen MR) is 101 cm³/mol. The molecule has 0 saturated carbocycles. The molecule has 1 N–H and O–H groups in total. The molecule has 1 aliphatic rings. The molecule has 2 aromatic carbocycles. The molecule has 2 aromatic rings. The van der Waals surface area contributed by atoms with E-state index in [1.807, 2.05) is 47.4 Å². The summed E-state index contributed by atoms with van der Waals surface area (Å²) in [6, 6.07) is 13.2. The van der Waals surface area contributed by atoms with Crippen LogP contribution in [0.4, 0.5) is 0 Å². The molecule has 0 spiro atoms. The number of aliphatic carboxylic acids is 1. The van der Waals surface area contributed by atoms with Crippen LogP contribution >= 0.6 is 0 Å². The van der Waals surface area contributed by atoms with Gasteiger partial charge in [0, 0.05) is 6.54 Å². The number of benzene rings is 2. The smallest absolute Gasteiger partial charge is 0.320 e. The van der Waals surface area contributed by atoms with Crippen LogP contribution in [0.2, 0.25) is 0 Å². The van der Waals surface area contributed by atoms with Crippen molar-refractivity contribution in [1.82, 2.24) is 4.90 Å². The Morgan fingerprint density at radius 2 is 1.78 bits per heavy atom. The molecule has 0 amide bonds. The summed E-state index contributed by atoms with van der Waals surface area (Å²) in [6.45, 7) is 1.70. The summed E-state index contributed by atoms with van der Waals surface area (Å²) in [5.41, 5.74) is 1.98. The van der Waals surface area contributed by atoms with Gasteiger partial charge in [-0.2, -0.15) is 0 Å². The third kappa shape index (κ3) is 4.52. The number of carboxylic acid groups (broad SMARTS) is 1. The second-order valence-corrected chi connectivity index (χ2v) is 6.57. The van der Waals surface area contributed by atoms with Crippen molar-refractivity contribution in [1.29, 1.82) is 0 Å². The van der Waals surface area contributed by atoms with Gasteiger partial charge in [0.1, 0.15) is 12.6 Å². The molecule has 3 rings (SSSR count). The molecule has 6 nitrogen and oxygen atoms in total. The zero-order valence-corrected chi connectivity index (χ0v) is 15.7. The van der Waals surface area contributed by atoms with Crippen molar-refractivity contribution in [3.05, 3.63) is 53.6 Å². The number of likely N-dealkylation sites (tertiary alicyclic amines) is 1. The topological polar surface area (TPSA) is 68.2 Å². The minimum Gasteiger partial charge on any atom is -0.493 e. The van der Waals surface area contributed by atoms with Gasteiger partial charge in [0.15, 0.2) is 11.5 Å². The first-order chi connectivity index (χ1) is 13.1. The Kier molecular flexibility index (Phi) is 6.19. The monoisotopic (exact) mass is 371 g/mol. The van der Waals surface area contributed by atoms with Gasteiger partial charge in [-0.3, -0.25) is 9.69 Å². The number of methoxy groups -OCH3 is 2. The Bertz CT molecular complexity index is 752. The molecule has 6 heteroatoms. The van der Waals surface area contributed by atoms with Gasteiger partial charge in [0.05, 0.1) is 14.2 Å². The fourth-order valence-electron chi connectivity index (χ4n) is 3.43. The first-order valence-electron chi connectivity index (χ1n) is 9.01. The summed E-state index contributed by atoms with van der Waals surface area (Å²) < 4.78 is 17.0. The third-order valence-corrected chi connectivity index (χ3v) is 4.78. The van der Waals surface area contributed by atoms with Crippen LogP contribution in [0, 0.1) is 0 Å². The third-order valence-electron chi connectivity index (χ3n) is 4.78. The molecule has 1 aliphatic heterocycles. The summed E-state index contributed by atoms with van der Waals surface area (Å²) in [7, 11) is 3.17. The van der Waals surface area contributed by atoms with Crippen molar-refractivity contribution in [2.45, 2.75) is 32.0 Å². The van der Waals surface area contributed by atoms with Gasteiger partial charge in [0.2, 0.25) is 5.75 Å². The minimum absolute atomic E-state index is 0.403. The Hall–Kier alpha value is -2.73. The SMILES string of the molecule is COc1cc(CN2CCCC2C(=O)O)cc(OC)c1OCc1ccccc1. The van der Waals surface area contributed by atoms with Crippen molar-refractivity contribution in [3.63, 3.8) is 0 Å². The number of hydrogen-bond acceptors (Lipinski definition) is 5. The van der Waals surface area contributed by atoms with E-state index in [4.69, 9.17) is 14.2 Å². The summed E-state index contributed by atoms with van der Waals surface area (Å²) in [4.78, 5) is 13.4. The second kappa shape index (κ2) is 8.77. The molecule has 0 aromatic heterocycles. The van der Waals surface area contributed by atoms with Gasteiger partial charge in [-0.1, -0.05) is 30.3 Å². The Morgan fingerprint density at radius 3 is 2.37 bits per heavy atom. The zero-order valence-electron chi connectivity index (χ0n) is 15.7. The van der Waals surface area contributed by atoms with Gasteiger partial charge in [0.25, 0.3) is 0 Å². The van der Waals surface area contributed by atoms with E-state index in [1.54, 1.807) is 14.2 Å². The van der Waals surface area contributed by atoms with Gasteiger partial charge >= 0.3 is 5.97 Å². The molecule has 144 valence electrons. The van der Waals surface area contributed by atoms with Crippen LogP contribution in [0.25, 0.3) is 0 Å². The average molecular weight is 371 g/mol. The van der Waals surface area contributed by atoms with E-state index in [2.05, 4.69) is 0 Å². The van der Waals surface area contributed by atoms with Crippen molar-refractivity contribution < 1.29 is 24.1 Å². The fraction of sp³-hybridized carbons (Fsp3) is 0.381. The largest absolute Gasteiger partial charge is 0.493 e. The van der Waals surface area contributed by atoms with Crippen LogP contribution in [-0.2, 0) is 17.9 Å². The molecule has 0 radical (unpaired) electrons. The number of hydrogen-bond donors (Lipinski definition) is 1. The lowest BCUT2D eigenvalue weighted by Crippen LogP contribution is -2.35. The molecular formula is C21H25NO5. The van der Waals surface area contributed by atoms with Gasteiger partial charge < -0.3 is 19.3 Å². The van der Waals surface area contributed by atoms with Crippen LogP contribution in [0.3, 0.4) is 0 Å². The van der Waals surface area contributed by atoms with Gasteiger partial charge in [-0.05, 0) is 42.6 Å². The highest BCUT2D eigenvalue weighted by atomic mass is 16.5. The molecule has 1 fully saturated rings. The van der Waals surface area contributed by atoms with Crippen LogP contribution in [-0.4, -0.2) is 42.8 Å². The van der Waals surface area contributed by atoms with Crippen LogP contribution < -0.4 is 14.2 Å². The maximum Gasteiger partial charge on any atom is 0.320 e. The van der Waals surface area contributed by atoms with E-state index in [0.29, 0.717) is 36.8 Å². The van der Waals surface area contributed by atoms with Gasteiger partial charge in [-0.15, -0.1) is 0 Å². The number of carboxylic acids is 1. The van der Waals surface area contributed by atoms with E-state index in [1.165, 1.54) is 0 Å². The summed E-state index contributed by atoms with van der Waals surface area (Å²) in [5, 5.41) is 9.37. The molecule has 1 atom stereocenters. The van der Waals surface area contributed by atoms with E-state index >= 15 is 0 Å². The summed E-state index contributed by atoms with van der Waals surface area (Å²) >= 11 is 0. The quantitative estimate of drug-likeness (QED) is 0.768. The zero-order chi connectivity index (χ0) is 19.2. The maximum absolute atomic E-state index is 11.4. The standard InChI is InChI=1S/C21H25NO5/c1-25-18-11-16(13-22-10-6-9-17(22)21(23)24)12-19(26-2)20(18)27-14-15-7-4-3-5-8-15/h3-5,7-8,11-12,17H,6,9-10,13-14H2,1-2H3,(H,23,24). The van der Waals surface area contributed by atoms with Crippen molar-refractivity contribution in [3.8, 4) is 17.2 Å². The first-order valence-corrected chi connectivity index (χ1v) is 9.01. The fourth-order valence-corrected chi connectivity index (χ4v) is 3.43. The van der Waals surface area contributed by atoms with Gasteiger partial charge in [-0.25, -0.2) is 0 Å². The number of rotatable bonds is 8. The van der Waals surface area contributed by atoms with E-state index in [9.17, 15) is 9.90 Å². The highest BCUT2D eigenvalue weighted by molar-refractivity contribution is 5.73. The molecular weight excluding hydrogens is 346 g/mol. The summed E-state index contributed by atoms with van der Waals surface area (Å²) in [5.74, 6) is 0.927. The van der Waals surface area contributed by atoms with E-state index < -0.39 is 12.0 Å². The number of carbonyl (C=O) groups is 1. The lowest BCUT2D eigenvalue weighted by molar-refractivity contribution is -0.142. The lowest BCUT2D eigenvalue weighted by Gasteiger charge is -2.22. The molecule has 1 saturated heterocycles. The van der Waals surface area contributed by atoms with Crippen molar-refractivity contribution in [2.24, 2.45) is 0 Å². The number of ether oxygens (including phenoxy) is 3. The van der Waals surface area contributed by atoms with Crippen LogP contribution in [0.15, 0.2) is 42.5 Å². The van der Waals surface area contributed by atoms with Crippen LogP contribution in [0.1, 0.15) is 24.0 Å².